The van der Waals surface area contributed by atoms with Crippen LogP contribution < -0.4 is 0 Å². The molecule has 0 rings (SSSR count). The molecule has 0 aliphatic heterocycles. The van der Waals surface area contributed by atoms with Crippen molar-refractivity contribution in [2.45, 2.75) is 79.1 Å². The summed E-state index contributed by atoms with van der Waals surface area (Å²) in [5, 5.41) is 8.87. The van der Waals surface area contributed by atoms with Crippen LogP contribution in [0.1, 0.15) is 79.1 Å². The molecule has 0 amide bonds. The Kier molecular flexibility index (Phi) is 12.3. The number of hydrogen-bond acceptors (Lipinski definition) is 2. The molecule has 21 heavy (non-hydrogen) atoms. The Labute approximate surface area is 131 Å². The smallest absolute Gasteiger partial charge is 0.130 e. The molecule has 0 bridgehead atoms. The molecule has 1 unspecified atom stereocenters. The highest BCUT2D eigenvalue weighted by atomic mass is 16.3. The van der Waals surface area contributed by atoms with Gasteiger partial charge in [0.25, 0.3) is 0 Å². The minimum atomic E-state index is 0.269. The second-order valence-electron chi connectivity index (χ2n) is 6.39. The van der Waals surface area contributed by atoms with Crippen molar-refractivity contribution < 1.29 is 9.90 Å². The van der Waals surface area contributed by atoms with Crippen LogP contribution in [0.4, 0.5) is 0 Å². The predicted molar refractivity (Wildman–Crippen MR) is 91.4 cm³/mol. The number of carbonyl (C=O) groups excluding carboxylic acids is 1. The van der Waals surface area contributed by atoms with Crippen LogP contribution in [0.15, 0.2) is 23.3 Å². The Bertz CT molecular complexity index is 339. The molecule has 2 heteroatoms. The summed E-state index contributed by atoms with van der Waals surface area (Å²) < 4.78 is 0. The number of ketones is 1. The molecule has 0 spiro atoms. The van der Waals surface area contributed by atoms with Crippen molar-refractivity contribution in [1.82, 2.24) is 0 Å². The lowest BCUT2D eigenvalue weighted by Crippen LogP contribution is -1.97. The SMILES string of the molecule is CC(=O)CCC=C(C)CCC=C(C)CCCC(C)CCO. The Hall–Kier alpha value is -0.890. The van der Waals surface area contributed by atoms with Crippen molar-refractivity contribution in [3.8, 4) is 0 Å². The van der Waals surface area contributed by atoms with Gasteiger partial charge in [-0.2, -0.15) is 0 Å². The Morgan fingerprint density at radius 3 is 2.10 bits per heavy atom. The lowest BCUT2D eigenvalue weighted by atomic mass is 9.98. The molecule has 0 aromatic carbocycles. The van der Waals surface area contributed by atoms with Gasteiger partial charge in [-0.1, -0.05) is 36.6 Å². The maximum absolute atomic E-state index is 10.9. The lowest BCUT2D eigenvalue weighted by Gasteiger charge is -2.09. The number of rotatable bonds is 12. The molecule has 0 heterocycles. The molecule has 1 N–H and O–H groups in total. The third kappa shape index (κ3) is 13.8. The Morgan fingerprint density at radius 2 is 1.52 bits per heavy atom. The van der Waals surface area contributed by atoms with Crippen LogP contribution in [0.2, 0.25) is 0 Å². The molecule has 0 saturated heterocycles. The van der Waals surface area contributed by atoms with Crippen LogP contribution in [0.5, 0.6) is 0 Å². The van der Waals surface area contributed by atoms with Crippen LogP contribution in [-0.2, 0) is 4.79 Å². The van der Waals surface area contributed by atoms with Crippen LogP contribution >= 0.6 is 0 Å². The van der Waals surface area contributed by atoms with Gasteiger partial charge in [-0.15, -0.1) is 0 Å². The van der Waals surface area contributed by atoms with Crippen LogP contribution in [0, 0.1) is 5.92 Å². The summed E-state index contributed by atoms with van der Waals surface area (Å²) in [6.07, 6.45) is 12.8. The Morgan fingerprint density at radius 1 is 0.952 bits per heavy atom. The second-order valence-corrected chi connectivity index (χ2v) is 6.39. The van der Waals surface area contributed by atoms with Gasteiger partial charge in [0, 0.05) is 13.0 Å². The lowest BCUT2D eigenvalue weighted by molar-refractivity contribution is -0.116. The van der Waals surface area contributed by atoms with Crippen molar-refractivity contribution in [2.24, 2.45) is 5.92 Å². The van der Waals surface area contributed by atoms with E-state index in [4.69, 9.17) is 5.11 Å². The number of hydrogen-bond donors (Lipinski definition) is 1. The highest BCUT2D eigenvalue weighted by Crippen LogP contribution is 2.16. The van der Waals surface area contributed by atoms with Gasteiger partial charge in [-0.05, 0) is 65.2 Å². The number of carbonyl (C=O) groups is 1. The zero-order valence-electron chi connectivity index (χ0n) is 14.5. The van der Waals surface area contributed by atoms with Gasteiger partial charge in [-0.25, -0.2) is 0 Å². The molecule has 122 valence electrons. The molecule has 2 nitrogen and oxygen atoms in total. The Balaban J connectivity index is 3.78. The monoisotopic (exact) mass is 294 g/mol. The van der Waals surface area contributed by atoms with Crippen molar-refractivity contribution in [1.29, 1.82) is 0 Å². The van der Waals surface area contributed by atoms with Gasteiger partial charge >= 0.3 is 0 Å². The zero-order chi connectivity index (χ0) is 16.1. The van der Waals surface area contributed by atoms with Gasteiger partial charge in [-0.3, -0.25) is 0 Å². The fourth-order valence-electron chi connectivity index (χ4n) is 2.37. The summed E-state index contributed by atoms with van der Waals surface area (Å²) >= 11 is 0. The van der Waals surface area contributed by atoms with Crippen LogP contribution in [0.3, 0.4) is 0 Å². The zero-order valence-corrected chi connectivity index (χ0v) is 14.5. The molecular formula is C19H34O2. The summed E-state index contributed by atoms with van der Waals surface area (Å²) in [6, 6.07) is 0. The molecule has 0 aromatic rings. The maximum atomic E-state index is 10.9. The van der Waals surface area contributed by atoms with Crippen molar-refractivity contribution in [3.63, 3.8) is 0 Å². The van der Waals surface area contributed by atoms with Gasteiger partial charge in [0.1, 0.15) is 5.78 Å². The van der Waals surface area contributed by atoms with Gasteiger partial charge in [0.15, 0.2) is 0 Å². The number of aliphatic hydroxyl groups is 1. The van der Waals surface area contributed by atoms with E-state index in [1.807, 2.05) is 0 Å². The predicted octanol–water partition coefficient (Wildman–Crippen LogP) is 5.22. The van der Waals surface area contributed by atoms with Crippen molar-refractivity contribution in [2.75, 3.05) is 6.61 Å². The number of Topliss-reactive ketones (excluding diaryl/α,β-unsaturated/α-hetero) is 1. The van der Waals surface area contributed by atoms with Gasteiger partial charge in [0.05, 0.1) is 0 Å². The van der Waals surface area contributed by atoms with Crippen molar-refractivity contribution >= 4 is 5.78 Å². The molecule has 0 aromatic heterocycles. The second kappa shape index (κ2) is 12.8. The maximum Gasteiger partial charge on any atom is 0.130 e. The van der Waals surface area contributed by atoms with Crippen LogP contribution in [-0.4, -0.2) is 17.5 Å². The van der Waals surface area contributed by atoms with E-state index in [1.54, 1.807) is 6.92 Å². The van der Waals surface area contributed by atoms with Crippen LogP contribution in [0.25, 0.3) is 0 Å². The summed E-state index contributed by atoms with van der Waals surface area (Å²) in [4.78, 5) is 10.9. The molecule has 0 fully saturated rings. The highest BCUT2D eigenvalue weighted by Gasteiger charge is 2.01. The van der Waals surface area contributed by atoms with Gasteiger partial charge in [0.2, 0.25) is 0 Å². The average Bonchev–Trinajstić information content (AvgIpc) is 2.38. The third-order valence-corrected chi connectivity index (χ3v) is 3.91. The molecular weight excluding hydrogens is 260 g/mol. The van der Waals surface area contributed by atoms with E-state index in [-0.39, 0.29) is 5.78 Å². The summed E-state index contributed by atoms with van der Waals surface area (Å²) in [6.45, 7) is 8.54. The third-order valence-electron chi connectivity index (χ3n) is 3.91. The number of aliphatic hydroxyl groups excluding tert-OH is 1. The first-order valence-corrected chi connectivity index (χ1v) is 8.37. The first kappa shape index (κ1) is 20.1. The van der Waals surface area contributed by atoms with Gasteiger partial charge < -0.3 is 9.90 Å². The van der Waals surface area contributed by atoms with E-state index in [0.717, 1.165) is 25.7 Å². The standard InChI is InChI=1S/C19H34O2/c1-16(10-6-11-18(3)14-15-20)8-5-9-17(2)12-7-13-19(4)21/h8,12,18,20H,5-7,9-11,13-15H2,1-4H3. The normalized spacial score (nSPS) is 14.3. The summed E-state index contributed by atoms with van der Waals surface area (Å²) in [7, 11) is 0. The first-order chi connectivity index (χ1) is 9.95. The quantitative estimate of drug-likeness (QED) is 0.501. The van der Waals surface area contributed by atoms with E-state index >= 15 is 0 Å². The number of allylic oxidation sites excluding steroid dienone is 4. The topological polar surface area (TPSA) is 37.3 Å². The molecule has 1 atom stereocenters. The first-order valence-electron chi connectivity index (χ1n) is 8.37. The molecule has 0 saturated carbocycles. The van der Waals surface area contributed by atoms with E-state index in [2.05, 4.69) is 32.9 Å². The fraction of sp³-hybridized carbons (Fsp3) is 0.737. The largest absolute Gasteiger partial charge is 0.396 e. The average molecular weight is 294 g/mol. The van der Waals surface area contributed by atoms with E-state index in [9.17, 15) is 4.79 Å². The van der Waals surface area contributed by atoms with E-state index in [1.165, 1.54) is 30.4 Å². The summed E-state index contributed by atoms with van der Waals surface area (Å²) in [5.74, 6) is 0.902. The molecule has 0 aliphatic rings. The summed E-state index contributed by atoms with van der Waals surface area (Å²) in [5.41, 5.74) is 2.86. The molecule has 0 radical (unpaired) electrons. The minimum Gasteiger partial charge on any atom is -0.396 e. The highest BCUT2D eigenvalue weighted by molar-refractivity contribution is 5.75. The molecule has 0 aliphatic carbocycles. The van der Waals surface area contributed by atoms with E-state index in [0.29, 0.717) is 18.9 Å². The minimum absolute atomic E-state index is 0.269. The van der Waals surface area contributed by atoms with E-state index < -0.39 is 0 Å². The van der Waals surface area contributed by atoms with Crippen molar-refractivity contribution in [3.05, 3.63) is 23.3 Å². The fourth-order valence-corrected chi connectivity index (χ4v) is 2.37.